The van der Waals surface area contributed by atoms with Crippen LogP contribution in [0.2, 0.25) is 0 Å². The van der Waals surface area contributed by atoms with Gasteiger partial charge in [-0.15, -0.1) is 0 Å². The summed E-state index contributed by atoms with van der Waals surface area (Å²) in [6.07, 6.45) is -9.15. The lowest BCUT2D eigenvalue weighted by Gasteiger charge is -2.20. The molecule has 1 aromatic heterocycles. The number of carboxylic acids is 1. The summed E-state index contributed by atoms with van der Waals surface area (Å²) in [7, 11) is 0.795. The molecular weight excluding hydrogens is 341 g/mol. The Balaban J connectivity index is 4.03. The second kappa shape index (κ2) is 7.10. The van der Waals surface area contributed by atoms with Crippen molar-refractivity contribution in [3.8, 4) is 0 Å². The smallest absolute Gasteiger partial charge is 0.434 e. The zero-order valence-corrected chi connectivity index (χ0v) is 12.9. The highest BCUT2D eigenvalue weighted by atomic mass is 19.4. The van der Waals surface area contributed by atoms with Crippen LogP contribution in [0.4, 0.5) is 22.0 Å². The number of aromatic carboxylic acids is 1. The predicted molar refractivity (Wildman–Crippen MR) is 71.0 cm³/mol. The number of hydrogen-bond donors (Lipinski definition) is 1. The topological polar surface area (TPSA) is 76.5 Å². The molecule has 0 aliphatic rings. The third kappa shape index (κ3) is 3.98. The quantitative estimate of drug-likeness (QED) is 0.643. The number of nitrogens with zero attached hydrogens (tertiary/aromatic N) is 1. The van der Waals surface area contributed by atoms with Crippen LogP contribution >= 0.6 is 0 Å². The van der Waals surface area contributed by atoms with E-state index in [1.807, 2.05) is 0 Å². The van der Waals surface area contributed by atoms with Crippen LogP contribution < -0.4 is 0 Å². The minimum Gasteiger partial charge on any atom is -0.478 e. The van der Waals surface area contributed by atoms with Crippen LogP contribution in [0.5, 0.6) is 0 Å². The summed E-state index contributed by atoms with van der Waals surface area (Å²) in [5.74, 6) is -3.80. The van der Waals surface area contributed by atoms with E-state index in [0.29, 0.717) is 0 Å². The summed E-state index contributed by atoms with van der Waals surface area (Å²) >= 11 is 0. The molecule has 134 valence electrons. The molecule has 1 aromatic rings. The van der Waals surface area contributed by atoms with Crippen molar-refractivity contribution in [3.63, 3.8) is 0 Å². The Morgan fingerprint density at radius 1 is 1.21 bits per heavy atom. The van der Waals surface area contributed by atoms with Crippen molar-refractivity contribution in [2.45, 2.75) is 32.9 Å². The van der Waals surface area contributed by atoms with Gasteiger partial charge in [-0.05, 0) is 17.9 Å². The number of alkyl halides is 5. The Hall–Kier alpha value is -2.26. The highest BCUT2D eigenvalue weighted by molar-refractivity contribution is 5.99. The van der Waals surface area contributed by atoms with Crippen molar-refractivity contribution in [2.24, 2.45) is 5.92 Å². The summed E-state index contributed by atoms with van der Waals surface area (Å²) in [6, 6.07) is 0. The average Bonchev–Trinajstić information content (AvgIpc) is 2.42. The van der Waals surface area contributed by atoms with Gasteiger partial charge in [0.15, 0.2) is 5.69 Å². The van der Waals surface area contributed by atoms with Gasteiger partial charge in [0.05, 0.1) is 18.2 Å². The number of ether oxygens (including phenoxy) is 1. The normalized spacial score (nSPS) is 11.9. The molecule has 0 saturated heterocycles. The van der Waals surface area contributed by atoms with Gasteiger partial charge in [0.25, 0.3) is 6.43 Å². The fraction of sp³-hybridized carbons (Fsp3) is 0.500. The van der Waals surface area contributed by atoms with Gasteiger partial charge in [-0.25, -0.2) is 23.4 Å². The van der Waals surface area contributed by atoms with Crippen molar-refractivity contribution < 1.29 is 41.4 Å². The number of pyridine rings is 1. The molecule has 0 aliphatic heterocycles. The van der Waals surface area contributed by atoms with Gasteiger partial charge in [0, 0.05) is 0 Å². The largest absolute Gasteiger partial charge is 0.478 e. The number of rotatable bonds is 5. The Morgan fingerprint density at radius 2 is 1.75 bits per heavy atom. The molecule has 5 nitrogen and oxygen atoms in total. The van der Waals surface area contributed by atoms with Gasteiger partial charge in [-0.1, -0.05) is 13.8 Å². The summed E-state index contributed by atoms with van der Waals surface area (Å²) in [6.45, 7) is 3.06. The lowest BCUT2D eigenvalue weighted by molar-refractivity contribution is -0.142. The number of carboxylic acid groups (broad SMARTS) is 1. The first-order valence-electron chi connectivity index (χ1n) is 6.65. The van der Waals surface area contributed by atoms with Crippen LogP contribution in [0.1, 0.15) is 57.9 Å². The third-order valence-corrected chi connectivity index (χ3v) is 3.02. The Bertz CT molecular complexity index is 656. The standard InChI is InChI=1S/C14H14F5NO4/c1-5(2)4-6-7(12(21)22)9(11(15)16)20-10(14(17,18)19)8(6)13(23)24-3/h5,11H,4H2,1-3H3,(H,21,22). The maximum atomic E-state index is 13.2. The first-order chi connectivity index (χ1) is 10.9. The van der Waals surface area contributed by atoms with Crippen molar-refractivity contribution in [1.29, 1.82) is 0 Å². The van der Waals surface area contributed by atoms with Gasteiger partial charge in [0.1, 0.15) is 5.69 Å². The highest BCUT2D eigenvalue weighted by Crippen LogP contribution is 2.37. The van der Waals surface area contributed by atoms with E-state index >= 15 is 0 Å². The average molecular weight is 355 g/mol. The second-order valence-corrected chi connectivity index (χ2v) is 5.27. The van der Waals surface area contributed by atoms with E-state index in [1.165, 1.54) is 13.8 Å². The predicted octanol–water partition coefficient (Wildman–Crippen LogP) is 3.72. The summed E-state index contributed by atoms with van der Waals surface area (Å²) in [5, 5.41) is 9.17. The first-order valence-corrected chi connectivity index (χ1v) is 6.65. The summed E-state index contributed by atoms with van der Waals surface area (Å²) in [4.78, 5) is 25.9. The van der Waals surface area contributed by atoms with Crippen molar-refractivity contribution in [2.75, 3.05) is 7.11 Å². The van der Waals surface area contributed by atoms with E-state index < -0.39 is 58.5 Å². The van der Waals surface area contributed by atoms with Crippen molar-refractivity contribution in [3.05, 3.63) is 28.1 Å². The van der Waals surface area contributed by atoms with E-state index in [4.69, 9.17) is 0 Å². The van der Waals surface area contributed by atoms with Crippen LogP contribution in [-0.4, -0.2) is 29.1 Å². The molecule has 1 rings (SSSR count). The minimum atomic E-state index is -5.24. The number of methoxy groups -OCH3 is 1. The molecule has 0 amide bonds. The van der Waals surface area contributed by atoms with Gasteiger partial charge < -0.3 is 9.84 Å². The number of carbonyl (C=O) groups excluding carboxylic acids is 1. The molecule has 1 N–H and O–H groups in total. The maximum absolute atomic E-state index is 13.2. The molecule has 0 atom stereocenters. The molecule has 10 heteroatoms. The van der Waals surface area contributed by atoms with E-state index in [1.54, 1.807) is 0 Å². The first kappa shape index (κ1) is 19.8. The summed E-state index contributed by atoms with van der Waals surface area (Å²) < 4.78 is 70.0. The molecule has 0 unspecified atom stereocenters. The number of carbonyl (C=O) groups is 2. The number of esters is 1. The van der Waals surface area contributed by atoms with Gasteiger partial charge >= 0.3 is 18.1 Å². The van der Waals surface area contributed by atoms with Gasteiger partial charge in [0.2, 0.25) is 0 Å². The molecule has 0 aliphatic carbocycles. The minimum absolute atomic E-state index is 0.350. The molecule has 0 radical (unpaired) electrons. The van der Waals surface area contributed by atoms with E-state index in [-0.39, 0.29) is 6.42 Å². The zero-order valence-electron chi connectivity index (χ0n) is 12.9. The molecular formula is C14H14F5NO4. The van der Waals surface area contributed by atoms with Crippen LogP contribution in [0.15, 0.2) is 0 Å². The lowest BCUT2D eigenvalue weighted by Crippen LogP contribution is -2.25. The Kier molecular flexibility index (Phi) is 5.85. The van der Waals surface area contributed by atoms with Gasteiger partial charge in [-0.2, -0.15) is 13.2 Å². The lowest BCUT2D eigenvalue weighted by atomic mass is 9.91. The fourth-order valence-electron chi connectivity index (χ4n) is 2.19. The summed E-state index contributed by atoms with van der Waals surface area (Å²) in [5.41, 5.74) is -6.34. The van der Waals surface area contributed by atoms with E-state index in [9.17, 15) is 36.6 Å². The van der Waals surface area contributed by atoms with Crippen molar-refractivity contribution in [1.82, 2.24) is 4.98 Å². The second-order valence-electron chi connectivity index (χ2n) is 5.27. The molecule has 0 bridgehead atoms. The highest BCUT2D eigenvalue weighted by Gasteiger charge is 2.42. The SMILES string of the molecule is COC(=O)c1c(C(F)(F)F)nc(C(F)F)c(C(=O)O)c1CC(C)C. The van der Waals surface area contributed by atoms with Crippen LogP contribution in [-0.2, 0) is 17.3 Å². The van der Waals surface area contributed by atoms with Crippen molar-refractivity contribution >= 4 is 11.9 Å². The van der Waals surface area contributed by atoms with E-state index in [0.717, 1.165) is 7.11 Å². The molecule has 0 aromatic carbocycles. The number of hydrogen-bond acceptors (Lipinski definition) is 4. The Morgan fingerprint density at radius 3 is 2.08 bits per heavy atom. The molecule has 0 saturated carbocycles. The molecule has 1 heterocycles. The monoisotopic (exact) mass is 355 g/mol. The van der Waals surface area contributed by atoms with Crippen LogP contribution in [0.3, 0.4) is 0 Å². The van der Waals surface area contributed by atoms with E-state index in [2.05, 4.69) is 9.72 Å². The third-order valence-electron chi connectivity index (χ3n) is 3.02. The number of aromatic nitrogens is 1. The zero-order chi connectivity index (χ0) is 18.8. The van der Waals surface area contributed by atoms with Crippen LogP contribution in [0, 0.1) is 5.92 Å². The maximum Gasteiger partial charge on any atom is 0.434 e. The van der Waals surface area contributed by atoms with Crippen LogP contribution in [0.25, 0.3) is 0 Å². The number of halogens is 5. The fourth-order valence-corrected chi connectivity index (χ4v) is 2.19. The molecule has 24 heavy (non-hydrogen) atoms. The molecule has 0 spiro atoms. The Labute approximate surface area is 133 Å². The van der Waals surface area contributed by atoms with Gasteiger partial charge in [-0.3, -0.25) is 0 Å². The molecule has 0 fully saturated rings.